The van der Waals surface area contributed by atoms with Crippen molar-refractivity contribution in [3.05, 3.63) is 28.2 Å². The Morgan fingerprint density at radius 1 is 1.10 bits per heavy atom. The second-order valence-corrected chi connectivity index (χ2v) is 5.14. The molecule has 0 aliphatic heterocycles. The lowest BCUT2D eigenvalue weighted by Crippen LogP contribution is -2.15. The first-order valence-corrected chi connectivity index (χ1v) is 6.85. The van der Waals surface area contributed by atoms with Crippen molar-refractivity contribution in [2.75, 3.05) is 10.7 Å². The fourth-order valence-corrected chi connectivity index (χ4v) is 1.74. The van der Waals surface area contributed by atoms with Crippen LogP contribution in [0.2, 0.25) is 10.0 Å². The van der Waals surface area contributed by atoms with Gasteiger partial charge in [-0.05, 0) is 32.0 Å². The number of rotatable bonds is 5. The van der Waals surface area contributed by atoms with Gasteiger partial charge in [-0.1, -0.05) is 23.2 Å². The summed E-state index contributed by atoms with van der Waals surface area (Å²) in [6, 6.07) is 5.24. The van der Waals surface area contributed by atoms with Crippen LogP contribution in [-0.2, 0) is 0 Å². The number of nitrogen functional groups attached to an aromatic ring is 1. The molecule has 0 atom stereocenters. The molecule has 1 aromatic heterocycles. The molecule has 0 unspecified atom stereocenters. The van der Waals surface area contributed by atoms with Gasteiger partial charge < -0.3 is 10.1 Å². The van der Waals surface area contributed by atoms with Crippen LogP contribution in [0.5, 0.6) is 6.01 Å². The highest BCUT2D eigenvalue weighted by Crippen LogP contribution is 2.26. The van der Waals surface area contributed by atoms with Crippen LogP contribution < -0.4 is 21.3 Å². The molecule has 0 spiro atoms. The van der Waals surface area contributed by atoms with E-state index in [1.165, 1.54) is 0 Å². The van der Waals surface area contributed by atoms with Crippen molar-refractivity contribution >= 4 is 40.8 Å². The second-order valence-electron chi connectivity index (χ2n) is 4.33. The Labute approximate surface area is 131 Å². The van der Waals surface area contributed by atoms with Gasteiger partial charge in [0.1, 0.15) is 0 Å². The standard InChI is InChI=1S/C12H14Cl2N6O/c1-6(2)21-12-18-10(17-11(19-12)20-15)16-7-3-4-8(13)9(14)5-7/h3-6H,15H2,1-2H3,(H2,16,17,18,19,20). The minimum atomic E-state index is -0.0733. The quantitative estimate of drug-likeness (QED) is 0.573. The summed E-state index contributed by atoms with van der Waals surface area (Å²) in [5.41, 5.74) is 3.03. The molecular formula is C12H14Cl2N6O. The van der Waals surface area contributed by atoms with Crippen molar-refractivity contribution in [3.63, 3.8) is 0 Å². The van der Waals surface area contributed by atoms with E-state index in [4.69, 9.17) is 33.8 Å². The van der Waals surface area contributed by atoms with Crippen LogP contribution in [0.15, 0.2) is 18.2 Å². The van der Waals surface area contributed by atoms with Crippen LogP contribution in [0.25, 0.3) is 0 Å². The molecule has 0 bridgehead atoms. The van der Waals surface area contributed by atoms with Gasteiger partial charge in [0.25, 0.3) is 0 Å². The lowest BCUT2D eigenvalue weighted by molar-refractivity contribution is 0.222. The zero-order valence-corrected chi connectivity index (χ0v) is 12.9. The average Bonchev–Trinajstić information content (AvgIpc) is 2.42. The zero-order valence-electron chi connectivity index (χ0n) is 11.4. The molecule has 0 saturated heterocycles. The zero-order chi connectivity index (χ0) is 15.4. The van der Waals surface area contributed by atoms with Gasteiger partial charge in [0.2, 0.25) is 11.9 Å². The second kappa shape index (κ2) is 6.75. The molecular weight excluding hydrogens is 315 g/mol. The third-order valence-electron chi connectivity index (χ3n) is 2.26. The van der Waals surface area contributed by atoms with E-state index in [0.29, 0.717) is 15.7 Å². The fraction of sp³-hybridized carbons (Fsp3) is 0.250. The van der Waals surface area contributed by atoms with Crippen molar-refractivity contribution < 1.29 is 4.74 Å². The van der Waals surface area contributed by atoms with Crippen molar-refractivity contribution in [1.82, 2.24) is 15.0 Å². The molecule has 0 aliphatic carbocycles. The molecule has 0 aliphatic rings. The number of nitrogens with one attached hydrogen (secondary N) is 2. The Hall–Kier alpha value is -1.83. The summed E-state index contributed by atoms with van der Waals surface area (Å²) in [5.74, 6) is 5.78. The maximum absolute atomic E-state index is 5.96. The van der Waals surface area contributed by atoms with E-state index in [-0.39, 0.29) is 24.0 Å². The number of hydrazine groups is 1. The van der Waals surface area contributed by atoms with Crippen LogP contribution in [0, 0.1) is 0 Å². The molecule has 2 aromatic rings. The third kappa shape index (κ3) is 4.32. The fourth-order valence-electron chi connectivity index (χ4n) is 1.44. The summed E-state index contributed by atoms with van der Waals surface area (Å²) in [6.45, 7) is 3.73. The number of hydrogen-bond acceptors (Lipinski definition) is 7. The number of benzene rings is 1. The summed E-state index contributed by atoms with van der Waals surface area (Å²) in [5, 5.41) is 3.87. The van der Waals surface area contributed by atoms with Gasteiger partial charge in [-0.15, -0.1) is 0 Å². The smallest absolute Gasteiger partial charge is 0.323 e. The SMILES string of the molecule is CC(C)Oc1nc(NN)nc(Nc2ccc(Cl)c(Cl)c2)n1. The summed E-state index contributed by atoms with van der Waals surface area (Å²) < 4.78 is 5.43. The minimum absolute atomic E-state index is 0.0733. The summed E-state index contributed by atoms with van der Waals surface area (Å²) >= 11 is 11.8. The van der Waals surface area contributed by atoms with Gasteiger partial charge in [0, 0.05) is 5.69 Å². The van der Waals surface area contributed by atoms with E-state index >= 15 is 0 Å². The normalized spacial score (nSPS) is 10.6. The molecule has 4 N–H and O–H groups in total. The largest absolute Gasteiger partial charge is 0.461 e. The van der Waals surface area contributed by atoms with Gasteiger partial charge in [0.05, 0.1) is 16.1 Å². The number of ether oxygens (including phenoxy) is 1. The highest BCUT2D eigenvalue weighted by atomic mass is 35.5. The van der Waals surface area contributed by atoms with Crippen molar-refractivity contribution in [2.24, 2.45) is 5.84 Å². The average molecular weight is 329 g/mol. The Kier molecular flexibility index (Phi) is 5.00. The summed E-state index contributed by atoms with van der Waals surface area (Å²) in [4.78, 5) is 12.2. The third-order valence-corrected chi connectivity index (χ3v) is 3.00. The molecule has 2 rings (SSSR count). The topological polar surface area (TPSA) is 98.0 Å². The van der Waals surface area contributed by atoms with Crippen LogP contribution in [-0.4, -0.2) is 21.1 Å². The first-order valence-electron chi connectivity index (χ1n) is 6.09. The predicted octanol–water partition coefficient (Wildman–Crippen LogP) is 2.99. The number of aromatic nitrogens is 3. The molecule has 0 radical (unpaired) electrons. The molecule has 0 saturated carbocycles. The molecule has 1 heterocycles. The Morgan fingerprint density at radius 3 is 2.43 bits per heavy atom. The lowest BCUT2D eigenvalue weighted by Gasteiger charge is -2.11. The molecule has 9 heteroatoms. The molecule has 112 valence electrons. The summed E-state index contributed by atoms with van der Waals surface area (Å²) in [6.07, 6.45) is -0.0733. The monoisotopic (exact) mass is 328 g/mol. The van der Waals surface area contributed by atoms with Gasteiger partial charge in [-0.25, -0.2) is 5.84 Å². The number of nitrogens with two attached hydrogens (primary N) is 1. The van der Waals surface area contributed by atoms with Gasteiger partial charge in [-0.3, -0.25) is 5.43 Å². The maximum Gasteiger partial charge on any atom is 0.323 e. The first kappa shape index (κ1) is 15.6. The Balaban J connectivity index is 2.27. The molecule has 1 aromatic carbocycles. The molecule has 7 nitrogen and oxygen atoms in total. The lowest BCUT2D eigenvalue weighted by atomic mass is 10.3. The van der Waals surface area contributed by atoms with Gasteiger partial charge in [-0.2, -0.15) is 15.0 Å². The Bertz CT molecular complexity index is 637. The number of nitrogens with zero attached hydrogens (tertiary/aromatic N) is 3. The van der Waals surface area contributed by atoms with Crippen molar-refractivity contribution in [1.29, 1.82) is 0 Å². The Morgan fingerprint density at radius 2 is 1.81 bits per heavy atom. The van der Waals surface area contributed by atoms with E-state index in [2.05, 4.69) is 25.7 Å². The van der Waals surface area contributed by atoms with E-state index in [9.17, 15) is 0 Å². The molecule has 0 fully saturated rings. The maximum atomic E-state index is 5.96. The molecule has 0 amide bonds. The van der Waals surface area contributed by atoms with E-state index in [0.717, 1.165) is 0 Å². The van der Waals surface area contributed by atoms with Crippen LogP contribution >= 0.6 is 23.2 Å². The van der Waals surface area contributed by atoms with E-state index < -0.39 is 0 Å². The number of halogens is 2. The van der Waals surface area contributed by atoms with Crippen molar-refractivity contribution in [3.8, 4) is 6.01 Å². The predicted molar refractivity (Wildman–Crippen MR) is 83.1 cm³/mol. The highest BCUT2D eigenvalue weighted by molar-refractivity contribution is 6.42. The van der Waals surface area contributed by atoms with Gasteiger partial charge in [0.15, 0.2) is 0 Å². The number of hydrogen-bond donors (Lipinski definition) is 3. The first-order chi connectivity index (χ1) is 9.97. The molecule has 21 heavy (non-hydrogen) atoms. The van der Waals surface area contributed by atoms with E-state index in [1.54, 1.807) is 18.2 Å². The van der Waals surface area contributed by atoms with E-state index in [1.807, 2.05) is 13.8 Å². The number of anilines is 3. The van der Waals surface area contributed by atoms with Crippen LogP contribution in [0.1, 0.15) is 13.8 Å². The van der Waals surface area contributed by atoms with Crippen molar-refractivity contribution in [2.45, 2.75) is 20.0 Å². The highest BCUT2D eigenvalue weighted by Gasteiger charge is 2.09. The minimum Gasteiger partial charge on any atom is -0.461 e. The van der Waals surface area contributed by atoms with Crippen LogP contribution in [0.4, 0.5) is 17.6 Å². The summed E-state index contributed by atoms with van der Waals surface area (Å²) in [7, 11) is 0. The van der Waals surface area contributed by atoms with Gasteiger partial charge >= 0.3 is 6.01 Å². The van der Waals surface area contributed by atoms with Crippen LogP contribution in [0.3, 0.4) is 0 Å².